The molecule has 2 aliphatic carbocycles. The van der Waals surface area contributed by atoms with E-state index >= 15 is 0 Å². The summed E-state index contributed by atoms with van der Waals surface area (Å²) >= 11 is 3.00. The maximum atomic E-state index is 13.4. The molecule has 8 heteroatoms. The number of hydrogen-bond acceptors (Lipinski definition) is 5. The summed E-state index contributed by atoms with van der Waals surface area (Å²) in [5, 5.41) is 1.18. The molecule has 2 bridgehead atoms. The quantitative estimate of drug-likeness (QED) is 0.716. The first kappa shape index (κ1) is 18.8. The van der Waals surface area contributed by atoms with Crippen LogP contribution in [0.4, 0.5) is 10.1 Å². The Morgan fingerprint density at radius 1 is 1.13 bits per heavy atom. The van der Waals surface area contributed by atoms with Crippen LogP contribution < -0.4 is 9.77 Å². The molecule has 1 aromatic carbocycles. The van der Waals surface area contributed by atoms with Crippen LogP contribution in [0.25, 0.3) is 0 Å². The maximum Gasteiger partial charge on any atom is 0.305 e. The highest BCUT2D eigenvalue weighted by atomic mass is 32.2. The number of carbonyl (C=O) groups is 2. The second-order valence-corrected chi connectivity index (χ2v) is 11.3. The van der Waals surface area contributed by atoms with Crippen LogP contribution in [-0.4, -0.2) is 22.0 Å². The first-order valence-corrected chi connectivity index (χ1v) is 12.1. The molecule has 3 fully saturated rings. The monoisotopic (exact) mass is 444 g/mol. The largest absolute Gasteiger partial charge is 0.307 e. The van der Waals surface area contributed by atoms with Crippen LogP contribution in [0, 0.1) is 35.4 Å². The molecule has 30 heavy (non-hydrogen) atoms. The predicted molar refractivity (Wildman–Crippen MR) is 113 cm³/mol. The summed E-state index contributed by atoms with van der Waals surface area (Å²) < 4.78 is 13.4. The molecule has 1 saturated heterocycles. The molecule has 6 rings (SSSR count). The number of anilines is 1. The fourth-order valence-electron chi connectivity index (χ4n) is 6.74. The number of thiazole rings is 1. The number of benzene rings is 1. The van der Waals surface area contributed by atoms with E-state index in [0.717, 1.165) is 22.7 Å². The third kappa shape index (κ3) is 2.16. The first-order valence-electron chi connectivity index (χ1n) is 10.4. The number of aromatic nitrogens is 1. The Morgan fingerprint density at radius 3 is 2.47 bits per heavy atom. The Balaban J connectivity index is 1.43. The molecule has 2 amide bonds. The summed E-state index contributed by atoms with van der Waals surface area (Å²) in [6.07, 6.45) is 1.78. The highest BCUT2D eigenvalue weighted by molar-refractivity contribution is 8.00. The van der Waals surface area contributed by atoms with Gasteiger partial charge in [-0.3, -0.25) is 19.3 Å². The Labute approximate surface area is 181 Å². The average molecular weight is 445 g/mol. The molecular formula is C22H21FN2O3S2. The van der Waals surface area contributed by atoms with Crippen molar-refractivity contribution in [2.45, 2.75) is 42.4 Å². The molecule has 2 aliphatic heterocycles. The Hall–Kier alpha value is -1.93. The van der Waals surface area contributed by atoms with Gasteiger partial charge in [0.05, 0.1) is 22.5 Å². The molecule has 0 spiro atoms. The lowest BCUT2D eigenvalue weighted by atomic mass is 9.62. The molecule has 1 N–H and O–H groups in total. The van der Waals surface area contributed by atoms with Gasteiger partial charge >= 0.3 is 4.87 Å². The van der Waals surface area contributed by atoms with Gasteiger partial charge in [0.15, 0.2) is 0 Å². The van der Waals surface area contributed by atoms with Crippen molar-refractivity contribution in [2.75, 3.05) is 4.90 Å². The summed E-state index contributed by atoms with van der Waals surface area (Å²) in [7, 11) is 0. The van der Waals surface area contributed by atoms with E-state index in [9.17, 15) is 18.8 Å². The van der Waals surface area contributed by atoms with Gasteiger partial charge < -0.3 is 4.98 Å². The summed E-state index contributed by atoms with van der Waals surface area (Å²) in [4.78, 5) is 44.3. The van der Waals surface area contributed by atoms with Gasteiger partial charge in [-0.15, -0.1) is 11.8 Å². The number of fused-ring (bicyclic) bond motifs is 9. The predicted octanol–water partition coefficient (Wildman–Crippen LogP) is 3.79. The lowest BCUT2D eigenvalue weighted by Gasteiger charge is -2.48. The number of amides is 2. The number of hydrogen-bond donors (Lipinski definition) is 1. The van der Waals surface area contributed by atoms with Crippen molar-refractivity contribution in [1.29, 1.82) is 0 Å². The van der Waals surface area contributed by atoms with Gasteiger partial charge in [-0.2, -0.15) is 0 Å². The summed E-state index contributed by atoms with van der Waals surface area (Å²) in [5.41, 5.74) is 0.282. The van der Waals surface area contributed by atoms with E-state index in [-0.39, 0.29) is 62.8 Å². The molecule has 156 valence electrons. The molecule has 2 aromatic rings. The molecule has 4 aliphatic rings. The normalized spacial score (nSPS) is 38.7. The zero-order valence-corrected chi connectivity index (χ0v) is 18.2. The zero-order valence-electron chi connectivity index (χ0n) is 16.6. The van der Waals surface area contributed by atoms with Gasteiger partial charge in [-0.1, -0.05) is 25.2 Å². The van der Waals surface area contributed by atoms with Crippen LogP contribution in [-0.2, 0) is 15.0 Å². The fourth-order valence-corrected chi connectivity index (χ4v) is 9.93. The average Bonchev–Trinajstić information content (AvgIpc) is 3.44. The molecule has 3 heterocycles. The van der Waals surface area contributed by atoms with E-state index < -0.39 is 0 Å². The second kappa shape index (κ2) is 6.07. The minimum Gasteiger partial charge on any atom is -0.307 e. The van der Waals surface area contributed by atoms with Gasteiger partial charge in [-0.25, -0.2) is 4.39 Å². The third-order valence-electron chi connectivity index (χ3n) is 8.05. The minimum atomic E-state index is -0.389. The van der Waals surface area contributed by atoms with Crippen molar-refractivity contribution in [3.05, 3.63) is 44.6 Å². The van der Waals surface area contributed by atoms with E-state index in [2.05, 4.69) is 18.8 Å². The molecule has 1 aromatic heterocycles. The molecule has 2 saturated carbocycles. The van der Waals surface area contributed by atoms with Crippen molar-refractivity contribution >= 4 is 40.6 Å². The zero-order chi connectivity index (χ0) is 20.9. The first-order chi connectivity index (χ1) is 14.3. The van der Waals surface area contributed by atoms with Crippen molar-refractivity contribution in [3.63, 3.8) is 0 Å². The number of carbonyl (C=O) groups excluding carboxylic acids is 2. The van der Waals surface area contributed by atoms with Gasteiger partial charge in [0.1, 0.15) is 5.82 Å². The van der Waals surface area contributed by atoms with Crippen molar-refractivity contribution in [2.24, 2.45) is 29.6 Å². The third-order valence-corrected chi connectivity index (χ3v) is 10.8. The number of nitrogens with one attached hydrogen (secondary N) is 1. The molecule has 5 nitrogen and oxygen atoms in total. The number of nitrogens with zero attached hydrogens (tertiary/aromatic N) is 1. The van der Waals surface area contributed by atoms with Crippen molar-refractivity contribution < 1.29 is 14.0 Å². The Bertz CT molecular complexity index is 1140. The Morgan fingerprint density at radius 2 is 1.80 bits per heavy atom. The van der Waals surface area contributed by atoms with Crippen LogP contribution in [0.3, 0.4) is 0 Å². The summed E-state index contributed by atoms with van der Waals surface area (Å²) in [6, 6.07) is 5.59. The summed E-state index contributed by atoms with van der Waals surface area (Å²) in [5.74, 6) is -0.770. The van der Waals surface area contributed by atoms with Crippen LogP contribution in [0.5, 0.6) is 0 Å². The van der Waals surface area contributed by atoms with Gasteiger partial charge in [0, 0.05) is 15.5 Å². The van der Waals surface area contributed by atoms with Crippen molar-refractivity contribution in [1.82, 2.24) is 4.98 Å². The van der Waals surface area contributed by atoms with Crippen LogP contribution in [0.15, 0.2) is 34.1 Å². The van der Waals surface area contributed by atoms with E-state index in [4.69, 9.17) is 0 Å². The van der Waals surface area contributed by atoms with E-state index in [1.807, 2.05) is 0 Å². The highest BCUT2D eigenvalue weighted by Crippen LogP contribution is 2.69. The number of rotatable bonds is 2. The molecular weight excluding hydrogens is 423 g/mol. The second-order valence-electron chi connectivity index (χ2n) is 9.16. The van der Waals surface area contributed by atoms with E-state index in [1.54, 1.807) is 11.8 Å². The van der Waals surface area contributed by atoms with Crippen LogP contribution in [0.1, 0.15) is 31.6 Å². The molecule has 7 atom stereocenters. The SMILES string of the molecule is CC[C@]1(C)c2sc(=O)[nH]c2S[C@H]2[C@H]3C[C@@H]([C@@H]4C(=O)N(c5ccc(F)cc5)C(=O)[C@H]34)[C@@H]21. The topological polar surface area (TPSA) is 70.2 Å². The highest BCUT2D eigenvalue weighted by Gasteiger charge is 2.71. The van der Waals surface area contributed by atoms with Crippen LogP contribution in [0.2, 0.25) is 0 Å². The standard InChI is InChI=1S/C22H21FN2O3S2/c1-3-22(2)15-11-8-12(16(15)29-18-17(22)30-21(28)24-18)14-13(11)19(26)25(20(14)27)10-6-4-9(23)5-7-10/h4-7,11-16H,3,8H2,1-2H3,(H,24,28)/t11-,12-,13-,14+,15-,16-,22-/m0/s1. The van der Waals surface area contributed by atoms with Gasteiger partial charge in [0.25, 0.3) is 0 Å². The number of aromatic amines is 1. The number of imide groups is 1. The smallest absolute Gasteiger partial charge is 0.305 e. The van der Waals surface area contributed by atoms with E-state index in [1.165, 1.54) is 40.5 Å². The molecule has 0 radical (unpaired) electrons. The lowest BCUT2D eigenvalue weighted by molar-refractivity contribution is -0.123. The fraction of sp³-hybridized carbons (Fsp3) is 0.500. The van der Waals surface area contributed by atoms with Gasteiger partial charge in [-0.05, 0) is 54.9 Å². The number of H-pyrrole nitrogens is 1. The molecule has 0 unspecified atom stereocenters. The maximum absolute atomic E-state index is 13.4. The number of halogens is 1. The lowest BCUT2D eigenvalue weighted by Crippen LogP contribution is -2.49. The minimum absolute atomic E-state index is 0.0330. The van der Waals surface area contributed by atoms with E-state index in [0.29, 0.717) is 5.69 Å². The van der Waals surface area contributed by atoms with Crippen molar-refractivity contribution in [3.8, 4) is 0 Å². The number of thioether (sulfide) groups is 1. The van der Waals surface area contributed by atoms with Crippen LogP contribution >= 0.6 is 23.1 Å². The Kier molecular flexibility index (Phi) is 3.80. The van der Waals surface area contributed by atoms with Gasteiger partial charge in [0.2, 0.25) is 11.8 Å². The summed E-state index contributed by atoms with van der Waals surface area (Å²) in [6.45, 7) is 4.37.